The molecule has 4 heteroatoms. The lowest BCUT2D eigenvalue weighted by molar-refractivity contribution is -0.122. The van der Waals surface area contributed by atoms with E-state index in [0.29, 0.717) is 12.5 Å². The van der Waals surface area contributed by atoms with Crippen LogP contribution in [-0.2, 0) is 16.0 Å². The largest absolute Gasteiger partial charge is 0.378 e. The molecule has 1 aromatic carbocycles. The summed E-state index contributed by atoms with van der Waals surface area (Å²) in [5.74, 6) is 1.82. The van der Waals surface area contributed by atoms with Crippen molar-refractivity contribution >= 4 is 11.6 Å². The third-order valence-corrected chi connectivity index (χ3v) is 6.36. The molecule has 0 radical (unpaired) electrons. The molecule has 4 fully saturated rings. The zero-order chi connectivity index (χ0) is 17.1. The van der Waals surface area contributed by atoms with E-state index in [1.54, 1.807) is 0 Å². The molecule has 1 saturated heterocycles. The maximum Gasteiger partial charge on any atom is 0.220 e. The van der Waals surface area contributed by atoms with E-state index in [0.717, 1.165) is 44.6 Å². The van der Waals surface area contributed by atoms with Crippen LogP contribution in [0.3, 0.4) is 0 Å². The van der Waals surface area contributed by atoms with Gasteiger partial charge in [-0.2, -0.15) is 0 Å². The summed E-state index contributed by atoms with van der Waals surface area (Å²) in [7, 11) is 0. The molecule has 4 nitrogen and oxygen atoms in total. The average molecular weight is 342 g/mol. The van der Waals surface area contributed by atoms with Gasteiger partial charge >= 0.3 is 0 Å². The number of carbonyl (C=O) groups is 1. The summed E-state index contributed by atoms with van der Waals surface area (Å²) in [4.78, 5) is 14.9. The minimum Gasteiger partial charge on any atom is -0.378 e. The summed E-state index contributed by atoms with van der Waals surface area (Å²) in [5.41, 5.74) is 2.56. The highest BCUT2D eigenvalue weighted by Crippen LogP contribution is 2.41. The molecule has 0 spiro atoms. The summed E-state index contributed by atoms with van der Waals surface area (Å²) in [6.07, 6.45) is 8.01. The molecule has 1 atom stereocenters. The molecule has 1 aromatic rings. The van der Waals surface area contributed by atoms with Crippen molar-refractivity contribution < 1.29 is 9.53 Å². The van der Waals surface area contributed by atoms with Crippen LogP contribution in [0.4, 0.5) is 5.69 Å². The number of aryl methyl sites for hydroxylation is 1. The van der Waals surface area contributed by atoms with Crippen molar-refractivity contribution in [2.24, 2.45) is 11.8 Å². The lowest BCUT2D eigenvalue weighted by Gasteiger charge is -2.42. The van der Waals surface area contributed by atoms with Crippen molar-refractivity contribution in [2.45, 2.75) is 51.0 Å². The summed E-state index contributed by atoms with van der Waals surface area (Å²) in [6, 6.07) is 8.96. The SMILES string of the molecule is O=C(CCc1ccccc1N1CCOCC1)NC1CC2CCC1CC2. The van der Waals surface area contributed by atoms with Gasteiger partial charge in [0.05, 0.1) is 13.2 Å². The Labute approximate surface area is 150 Å². The van der Waals surface area contributed by atoms with Gasteiger partial charge in [0.15, 0.2) is 0 Å². The van der Waals surface area contributed by atoms with Crippen LogP contribution in [0.1, 0.15) is 44.1 Å². The van der Waals surface area contributed by atoms with E-state index >= 15 is 0 Å². The van der Waals surface area contributed by atoms with E-state index in [-0.39, 0.29) is 5.91 Å². The van der Waals surface area contributed by atoms with Crippen LogP contribution < -0.4 is 10.2 Å². The normalized spacial score (nSPS) is 28.8. The van der Waals surface area contributed by atoms with Crippen LogP contribution in [0.5, 0.6) is 0 Å². The van der Waals surface area contributed by atoms with Crippen molar-refractivity contribution in [3.63, 3.8) is 0 Å². The van der Waals surface area contributed by atoms with Crippen molar-refractivity contribution in [3.8, 4) is 0 Å². The number of amides is 1. The van der Waals surface area contributed by atoms with Gasteiger partial charge in [0, 0.05) is 31.2 Å². The Bertz CT molecular complexity index is 589. The lowest BCUT2D eigenvalue weighted by atomic mass is 9.68. The van der Waals surface area contributed by atoms with Crippen molar-refractivity contribution in [2.75, 3.05) is 31.2 Å². The highest BCUT2D eigenvalue weighted by atomic mass is 16.5. The van der Waals surface area contributed by atoms with Crippen molar-refractivity contribution in [1.29, 1.82) is 0 Å². The molecule has 5 rings (SSSR count). The fourth-order valence-electron chi connectivity index (χ4n) is 4.92. The Morgan fingerprint density at radius 3 is 2.60 bits per heavy atom. The Balaban J connectivity index is 1.33. The number of carbonyl (C=O) groups excluding carboxylic acids is 1. The second kappa shape index (κ2) is 7.77. The number of para-hydroxylation sites is 1. The first-order valence-corrected chi connectivity index (χ1v) is 9.99. The molecule has 136 valence electrons. The quantitative estimate of drug-likeness (QED) is 0.894. The van der Waals surface area contributed by atoms with Gasteiger partial charge < -0.3 is 15.0 Å². The fraction of sp³-hybridized carbons (Fsp3) is 0.667. The number of nitrogens with zero attached hydrogens (tertiary/aromatic N) is 1. The first-order chi connectivity index (χ1) is 12.3. The first kappa shape index (κ1) is 16.9. The number of rotatable bonds is 5. The maximum atomic E-state index is 12.5. The zero-order valence-corrected chi connectivity index (χ0v) is 15.1. The number of anilines is 1. The molecule has 1 aliphatic heterocycles. The Kier molecular flexibility index (Phi) is 5.25. The number of nitrogens with one attached hydrogen (secondary N) is 1. The third-order valence-electron chi connectivity index (χ3n) is 6.36. The van der Waals surface area contributed by atoms with Crippen molar-refractivity contribution in [3.05, 3.63) is 29.8 Å². The predicted octanol–water partition coefficient (Wildman–Crippen LogP) is 3.15. The Morgan fingerprint density at radius 2 is 1.88 bits per heavy atom. The molecule has 2 bridgehead atoms. The van der Waals surface area contributed by atoms with E-state index in [2.05, 4.69) is 34.5 Å². The second-order valence-corrected chi connectivity index (χ2v) is 7.92. The number of morpholine rings is 1. The molecule has 1 heterocycles. The van der Waals surface area contributed by atoms with Crippen molar-refractivity contribution in [1.82, 2.24) is 5.32 Å². The van der Waals surface area contributed by atoms with E-state index in [1.807, 2.05) is 0 Å². The van der Waals surface area contributed by atoms with Gasteiger partial charge in [-0.15, -0.1) is 0 Å². The molecule has 3 aliphatic carbocycles. The molecule has 1 N–H and O–H groups in total. The highest BCUT2D eigenvalue weighted by molar-refractivity contribution is 5.77. The third kappa shape index (κ3) is 4.00. The van der Waals surface area contributed by atoms with Gasteiger partial charge in [-0.05, 0) is 49.1 Å². The van der Waals surface area contributed by atoms with E-state index in [9.17, 15) is 4.79 Å². The van der Waals surface area contributed by atoms with Gasteiger partial charge in [0.1, 0.15) is 0 Å². The number of benzene rings is 1. The minimum atomic E-state index is 0.231. The van der Waals surface area contributed by atoms with E-state index in [4.69, 9.17) is 4.74 Å². The minimum absolute atomic E-state index is 0.231. The molecule has 1 amide bonds. The van der Waals surface area contributed by atoms with E-state index in [1.165, 1.54) is 43.4 Å². The maximum absolute atomic E-state index is 12.5. The summed E-state index contributed by atoms with van der Waals surface area (Å²) in [5, 5.41) is 3.35. The van der Waals surface area contributed by atoms with Crippen LogP contribution in [0.25, 0.3) is 0 Å². The molecule has 1 unspecified atom stereocenters. The van der Waals surface area contributed by atoms with E-state index < -0.39 is 0 Å². The first-order valence-electron chi connectivity index (χ1n) is 9.99. The number of fused-ring (bicyclic) bond motifs is 3. The van der Waals surface area contributed by atoms with Crippen LogP contribution in [0.15, 0.2) is 24.3 Å². The number of ether oxygens (including phenoxy) is 1. The van der Waals surface area contributed by atoms with Gasteiger partial charge in [-0.25, -0.2) is 0 Å². The molecule has 25 heavy (non-hydrogen) atoms. The fourth-order valence-corrected chi connectivity index (χ4v) is 4.92. The molecular formula is C21H30N2O2. The van der Waals surface area contributed by atoms with Crippen LogP contribution in [0, 0.1) is 11.8 Å². The van der Waals surface area contributed by atoms with Gasteiger partial charge in [0.2, 0.25) is 5.91 Å². The number of hydrogen-bond acceptors (Lipinski definition) is 3. The molecule has 4 aliphatic rings. The highest BCUT2D eigenvalue weighted by Gasteiger charge is 2.36. The summed E-state index contributed by atoms with van der Waals surface area (Å²) < 4.78 is 5.46. The van der Waals surface area contributed by atoms with Gasteiger partial charge in [-0.3, -0.25) is 4.79 Å². The lowest BCUT2D eigenvalue weighted by Crippen LogP contribution is -2.47. The smallest absolute Gasteiger partial charge is 0.220 e. The molecular weight excluding hydrogens is 312 g/mol. The Hall–Kier alpha value is -1.55. The van der Waals surface area contributed by atoms with Crippen LogP contribution >= 0.6 is 0 Å². The predicted molar refractivity (Wildman–Crippen MR) is 99.8 cm³/mol. The summed E-state index contributed by atoms with van der Waals surface area (Å²) >= 11 is 0. The monoisotopic (exact) mass is 342 g/mol. The standard InChI is InChI=1S/C21H30N2O2/c24-21(22-19-15-16-5-7-17(19)8-6-16)10-9-18-3-1-2-4-20(18)23-11-13-25-14-12-23/h1-4,16-17,19H,5-15H2,(H,22,24). The topological polar surface area (TPSA) is 41.6 Å². The molecule has 0 aromatic heterocycles. The van der Waals surface area contributed by atoms with Crippen LogP contribution in [-0.4, -0.2) is 38.3 Å². The number of hydrogen-bond donors (Lipinski definition) is 1. The average Bonchev–Trinajstić information content (AvgIpc) is 2.68. The zero-order valence-electron chi connectivity index (χ0n) is 15.1. The summed E-state index contributed by atoms with van der Waals surface area (Å²) in [6.45, 7) is 3.46. The second-order valence-electron chi connectivity index (χ2n) is 7.92. The van der Waals surface area contributed by atoms with Gasteiger partial charge in [-0.1, -0.05) is 31.0 Å². The van der Waals surface area contributed by atoms with Crippen LogP contribution in [0.2, 0.25) is 0 Å². The van der Waals surface area contributed by atoms with Gasteiger partial charge in [0.25, 0.3) is 0 Å². The molecule has 3 saturated carbocycles. The Morgan fingerprint density at radius 1 is 1.12 bits per heavy atom.